The molecule has 7 nitrogen and oxygen atoms in total. The zero-order valence-electron chi connectivity index (χ0n) is 14.3. The Balaban J connectivity index is 2.52. The Kier molecular flexibility index (Phi) is 9.63. The van der Waals surface area contributed by atoms with Gasteiger partial charge in [0, 0.05) is 19.1 Å². The smallest absolute Gasteiger partial charge is 0.317 e. The number of aliphatic hydroxyl groups excluding tert-OH is 1. The number of ether oxygens (including phenoxy) is 2. The third-order valence-electron chi connectivity index (χ3n) is 4.06. The number of rotatable bonds is 9. The molecule has 2 amide bonds. The van der Waals surface area contributed by atoms with Crippen molar-refractivity contribution in [3.05, 3.63) is 0 Å². The second-order valence-corrected chi connectivity index (χ2v) is 5.99. The van der Waals surface area contributed by atoms with Crippen molar-refractivity contribution in [1.82, 2.24) is 10.2 Å². The molecule has 0 aliphatic heterocycles. The van der Waals surface area contributed by atoms with Crippen LogP contribution in [0.2, 0.25) is 0 Å². The predicted octanol–water partition coefficient (Wildman–Crippen LogP) is 1.15. The second kappa shape index (κ2) is 11.2. The van der Waals surface area contributed by atoms with Crippen LogP contribution in [-0.2, 0) is 14.3 Å². The minimum absolute atomic E-state index is 0.0488. The molecule has 1 rings (SSSR count). The van der Waals surface area contributed by atoms with Crippen LogP contribution in [0.5, 0.6) is 0 Å². The number of carbonyl (C=O) groups is 2. The molecular weight excluding hydrogens is 300 g/mol. The van der Waals surface area contributed by atoms with Crippen LogP contribution in [0, 0.1) is 5.92 Å². The van der Waals surface area contributed by atoms with Crippen molar-refractivity contribution >= 4 is 12.0 Å². The number of nitrogens with zero attached hydrogens (tertiary/aromatic N) is 1. The van der Waals surface area contributed by atoms with Gasteiger partial charge in [0.15, 0.2) is 0 Å². The molecule has 0 spiro atoms. The zero-order valence-corrected chi connectivity index (χ0v) is 14.3. The van der Waals surface area contributed by atoms with E-state index >= 15 is 0 Å². The summed E-state index contributed by atoms with van der Waals surface area (Å²) in [6, 6.07) is 0.0470. The first-order chi connectivity index (χ1) is 11.1. The lowest BCUT2D eigenvalue weighted by atomic mass is 9.96. The van der Waals surface area contributed by atoms with Crippen LogP contribution in [-0.4, -0.2) is 68.1 Å². The molecule has 1 unspecified atom stereocenters. The number of hydrogen-bond acceptors (Lipinski definition) is 5. The average Bonchev–Trinajstić information content (AvgIpc) is 2.57. The van der Waals surface area contributed by atoms with Crippen molar-refractivity contribution in [3.8, 4) is 0 Å². The van der Waals surface area contributed by atoms with Gasteiger partial charge in [-0.15, -0.1) is 0 Å². The fraction of sp³-hybridized carbons (Fsp3) is 0.875. The molecule has 0 saturated heterocycles. The molecular formula is C16H30N2O5. The lowest BCUT2D eigenvalue weighted by Crippen LogP contribution is -2.48. The van der Waals surface area contributed by atoms with Gasteiger partial charge in [-0.25, -0.2) is 4.79 Å². The van der Waals surface area contributed by atoms with Crippen molar-refractivity contribution in [2.75, 3.05) is 40.0 Å². The molecule has 1 saturated carbocycles. The summed E-state index contributed by atoms with van der Waals surface area (Å²) in [5.74, 6) is -0.730. The molecule has 0 aromatic carbocycles. The van der Waals surface area contributed by atoms with Crippen molar-refractivity contribution in [1.29, 1.82) is 0 Å². The summed E-state index contributed by atoms with van der Waals surface area (Å²) in [6.45, 7) is 2.92. The van der Waals surface area contributed by atoms with Gasteiger partial charge in [-0.3, -0.25) is 4.79 Å². The van der Waals surface area contributed by atoms with Crippen LogP contribution in [0.1, 0.15) is 39.0 Å². The average molecular weight is 330 g/mol. The van der Waals surface area contributed by atoms with Crippen molar-refractivity contribution in [2.24, 2.45) is 5.92 Å². The quantitative estimate of drug-likeness (QED) is 0.489. The number of aliphatic hydroxyl groups is 1. The molecule has 0 radical (unpaired) electrons. The maximum absolute atomic E-state index is 12.5. The standard InChI is InChI=1S/C16H30N2O5/c1-13(15(20)22-2)12-18(8-10-23-11-9-19)16(21)17-14-6-4-3-5-7-14/h13-14,19H,3-12H2,1-2H3,(H,17,21). The van der Waals surface area contributed by atoms with Crippen LogP contribution in [0.25, 0.3) is 0 Å². The Bertz CT molecular complexity index is 358. The molecule has 0 aromatic rings. The Hall–Kier alpha value is -1.34. The lowest BCUT2D eigenvalue weighted by Gasteiger charge is -2.29. The van der Waals surface area contributed by atoms with Gasteiger partial charge in [0.25, 0.3) is 0 Å². The molecule has 0 aromatic heterocycles. The van der Waals surface area contributed by atoms with Crippen molar-refractivity contribution < 1.29 is 24.2 Å². The van der Waals surface area contributed by atoms with E-state index in [-0.39, 0.29) is 37.8 Å². The van der Waals surface area contributed by atoms with E-state index in [9.17, 15) is 9.59 Å². The summed E-state index contributed by atoms with van der Waals surface area (Å²) < 4.78 is 9.96. The first-order valence-corrected chi connectivity index (χ1v) is 8.40. The summed E-state index contributed by atoms with van der Waals surface area (Å²) in [4.78, 5) is 25.7. The molecule has 1 aliphatic carbocycles. The number of methoxy groups -OCH3 is 1. The monoisotopic (exact) mass is 330 g/mol. The van der Waals surface area contributed by atoms with Crippen LogP contribution >= 0.6 is 0 Å². The lowest BCUT2D eigenvalue weighted by molar-refractivity contribution is -0.145. The maximum atomic E-state index is 12.5. The van der Waals surface area contributed by atoms with Crippen LogP contribution < -0.4 is 5.32 Å². The first-order valence-electron chi connectivity index (χ1n) is 8.40. The van der Waals surface area contributed by atoms with Crippen LogP contribution in [0.4, 0.5) is 4.79 Å². The molecule has 23 heavy (non-hydrogen) atoms. The number of nitrogens with one attached hydrogen (secondary N) is 1. The molecule has 1 aliphatic rings. The van der Waals surface area contributed by atoms with Gasteiger partial charge in [-0.05, 0) is 12.8 Å². The molecule has 2 N–H and O–H groups in total. The van der Waals surface area contributed by atoms with Gasteiger partial charge in [-0.2, -0.15) is 0 Å². The molecule has 1 atom stereocenters. The molecule has 0 heterocycles. The second-order valence-electron chi connectivity index (χ2n) is 5.99. The summed E-state index contributed by atoms with van der Waals surface area (Å²) in [5.41, 5.74) is 0. The van der Waals surface area contributed by atoms with Crippen LogP contribution in [0.3, 0.4) is 0 Å². The Morgan fingerprint density at radius 2 is 1.96 bits per heavy atom. The minimum atomic E-state index is -0.394. The van der Waals surface area contributed by atoms with E-state index in [4.69, 9.17) is 14.6 Å². The maximum Gasteiger partial charge on any atom is 0.317 e. The van der Waals surface area contributed by atoms with E-state index in [1.807, 2.05) is 0 Å². The highest BCUT2D eigenvalue weighted by molar-refractivity contribution is 5.76. The summed E-state index contributed by atoms with van der Waals surface area (Å²) in [5, 5.41) is 11.8. The Morgan fingerprint density at radius 1 is 1.26 bits per heavy atom. The SMILES string of the molecule is COC(=O)C(C)CN(CCOCCO)C(=O)NC1CCCCC1. The normalized spacial score (nSPS) is 16.7. The van der Waals surface area contributed by atoms with Crippen LogP contribution in [0.15, 0.2) is 0 Å². The fourth-order valence-electron chi connectivity index (χ4n) is 2.74. The highest BCUT2D eigenvalue weighted by Crippen LogP contribution is 2.17. The van der Waals surface area contributed by atoms with Gasteiger partial charge < -0.3 is 24.8 Å². The number of urea groups is 1. The number of hydrogen-bond donors (Lipinski definition) is 2. The van der Waals surface area contributed by atoms with E-state index in [2.05, 4.69) is 5.32 Å². The summed E-state index contributed by atoms with van der Waals surface area (Å²) >= 11 is 0. The van der Waals surface area contributed by atoms with Gasteiger partial charge in [0.1, 0.15) is 0 Å². The largest absolute Gasteiger partial charge is 0.469 e. The highest BCUT2D eigenvalue weighted by atomic mass is 16.5. The minimum Gasteiger partial charge on any atom is -0.469 e. The number of carbonyl (C=O) groups excluding carboxylic acids is 2. The zero-order chi connectivity index (χ0) is 17.1. The van der Waals surface area contributed by atoms with E-state index in [0.717, 1.165) is 25.7 Å². The van der Waals surface area contributed by atoms with E-state index in [0.29, 0.717) is 13.2 Å². The Labute approximate surface area is 138 Å². The van der Waals surface area contributed by atoms with Gasteiger partial charge in [0.2, 0.25) is 0 Å². The van der Waals surface area contributed by atoms with Crippen molar-refractivity contribution in [3.63, 3.8) is 0 Å². The highest BCUT2D eigenvalue weighted by Gasteiger charge is 2.24. The van der Waals surface area contributed by atoms with E-state index in [1.54, 1.807) is 11.8 Å². The molecule has 0 bridgehead atoms. The molecule has 7 heteroatoms. The van der Waals surface area contributed by atoms with Gasteiger partial charge in [0.05, 0.1) is 32.8 Å². The fourth-order valence-corrected chi connectivity index (χ4v) is 2.74. The number of amides is 2. The van der Waals surface area contributed by atoms with Gasteiger partial charge >= 0.3 is 12.0 Å². The first kappa shape index (κ1) is 19.7. The van der Waals surface area contributed by atoms with Crippen molar-refractivity contribution in [2.45, 2.75) is 45.1 Å². The molecule has 134 valence electrons. The summed E-state index contributed by atoms with van der Waals surface area (Å²) in [6.07, 6.45) is 5.52. The topological polar surface area (TPSA) is 88.1 Å². The Morgan fingerprint density at radius 3 is 2.57 bits per heavy atom. The third-order valence-corrected chi connectivity index (χ3v) is 4.06. The number of esters is 1. The predicted molar refractivity (Wildman–Crippen MR) is 86.1 cm³/mol. The molecule has 1 fully saturated rings. The summed E-state index contributed by atoms with van der Waals surface area (Å²) in [7, 11) is 1.34. The third kappa shape index (κ3) is 7.65. The van der Waals surface area contributed by atoms with E-state index < -0.39 is 5.92 Å². The van der Waals surface area contributed by atoms with E-state index in [1.165, 1.54) is 13.5 Å². The van der Waals surface area contributed by atoms with Gasteiger partial charge in [-0.1, -0.05) is 26.2 Å².